The molecule has 1 amide bonds. The number of benzene rings is 2. The fraction of sp³-hybridized carbons (Fsp3) is 0.238. The largest absolute Gasteiger partial charge is 0.307 e. The van der Waals surface area contributed by atoms with E-state index in [0.29, 0.717) is 17.3 Å². The molecule has 3 aromatic rings. The van der Waals surface area contributed by atoms with E-state index in [4.69, 9.17) is 11.6 Å². The molecule has 2 heterocycles. The van der Waals surface area contributed by atoms with Crippen LogP contribution in [0.15, 0.2) is 53.4 Å². The lowest BCUT2D eigenvalue weighted by Crippen LogP contribution is -2.32. The van der Waals surface area contributed by atoms with E-state index in [0.717, 1.165) is 34.7 Å². The van der Waals surface area contributed by atoms with Gasteiger partial charge in [0.2, 0.25) is 0 Å². The molecule has 0 saturated carbocycles. The van der Waals surface area contributed by atoms with Crippen LogP contribution in [0.1, 0.15) is 29.4 Å². The molecule has 1 aromatic heterocycles. The second kappa shape index (κ2) is 7.41. The fourth-order valence-corrected chi connectivity index (χ4v) is 4.75. The van der Waals surface area contributed by atoms with Gasteiger partial charge in [0.1, 0.15) is 0 Å². The molecule has 1 aliphatic rings. The minimum Gasteiger partial charge on any atom is -0.307 e. The lowest BCUT2D eigenvalue weighted by atomic mass is 10.1. The summed E-state index contributed by atoms with van der Waals surface area (Å²) in [5, 5.41) is 5.24. The summed E-state index contributed by atoms with van der Waals surface area (Å²) in [4.78, 5) is 16.4. The van der Waals surface area contributed by atoms with Crippen LogP contribution >= 0.6 is 23.4 Å². The summed E-state index contributed by atoms with van der Waals surface area (Å²) >= 11 is 7.91. The number of aryl methyl sites for hydroxylation is 1. The van der Waals surface area contributed by atoms with Gasteiger partial charge in [-0.2, -0.15) is 5.10 Å². The third kappa shape index (κ3) is 3.26. The predicted molar refractivity (Wildman–Crippen MR) is 112 cm³/mol. The molecule has 138 valence electrons. The molecule has 1 aliphatic heterocycles. The van der Waals surface area contributed by atoms with Crippen molar-refractivity contribution in [1.82, 2.24) is 9.78 Å². The highest BCUT2D eigenvalue weighted by atomic mass is 35.5. The van der Waals surface area contributed by atoms with Crippen molar-refractivity contribution in [1.29, 1.82) is 0 Å². The van der Waals surface area contributed by atoms with Gasteiger partial charge in [-0.15, -0.1) is 11.8 Å². The summed E-state index contributed by atoms with van der Waals surface area (Å²) < 4.78 is 1.84. The Morgan fingerprint density at radius 2 is 2.07 bits per heavy atom. The molecule has 0 atom stereocenters. The second-order valence-electron chi connectivity index (χ2n) is 6.52. The van der Waals surface area contributed by atoms with E-state index in [9.17, 15) is 4.79 Å². The summed E-state index contributed by atoms with van der Waals surface area (Å²) in [6, 6.07) is 15.7. The minimum absolute atomic E-state index is 0.0732. The number of carbonyl (C=O) groups excluding carboxylic acids is 1. The maximum absolute atomic E-state index is 13.4. The number of hydrogen-bond acceptors (Lipinski definition) is 3. The maximum Gasteiger partial charge on any atom is 0.279 e. The Labute approximate surface area is 168 Å². The average Bonchev–Trinajstić information content (AvgIpc) is 3.03. The van der Waals surface area contributed by atoms with Crippen molar-refractivity contribution in [3.8, 4) is 11.3 Å². The standard InChI is InChI=1S/C21H20ClN3OS/c1-3-11-25(15-8-6-7-14(22)12-15)21(26)19-17-13-27-18-10-5-4-9-16(18)20(17)24(2)23-19/h4-10,12H,3,11,13H2,1-2H3. The van der Waals surface area contributed by atoms with E-state index in [1.165, 1.54) is 4.90 Å². The van der Waals surface area contributed by atoms with Crippen LogP contribution in [-0.2, 0) is 12.8 Å². The van der Waals surface area contributed by atoms with E-state index in [-0.39, 0.29) is 5.91 Å². The molecule has 27 heavy (non-hydrogen) atoms. The quantitative estimate of drug-likeness (QED) is 0.591. The highest BCUT2D eigenvalue weighted by Gasteiger charge is 2.30. The number of aromatic nitrogens is 2. The van der Waals surface area contributed by atoms with Crippen LogP contribution in [0.3, 0.4) is 0 Å². The highest BCUT2D eigenvalue weighted by molar-refractivity contribution is 7.98. The molecule has 0 radical (unpaired) electrons. The Balaban J connectivity index is 1.79. The number of carbonyl (C=O) groups is 1. The van der Waals surface area contributed by atoms with Gasteiger partial charge in [0.05, 0.1) is 5.69 Å². The van der Waals surface area contributed by atoms with E-state index in [1.54, 1.807) is 16.7 Å². The Morgan fingerprint density at radius 3 is 2.85 bits per heavy atom. The smallest absolute Gasteiger partial charge is 0.279 e. The Bertz CT molecular complexity index is 1010. The predicted octanol–water partition coefficient (Wildman–Crippen LogP) is 5.40. The molecule has 2 aromatic carbocycles. The second-order valence-corrected chi connectivity index (χ2v) is 7.97. The molecule has 4 nitrogen and oxygen atoms in total. The summed E-state index contributed by atoms with van der Waals surface area (Å²) in [6.45, 7) is 2.68. The fourth-order valence-electron chi connectivity index (χ4n) is 3.49. The van der Waals surface area contributed by atoms with Crippen molar-refractivity contribution in [2.45, 2.75) is 24.0 Å². The van der Waals surface area contributed by atoms with Crippen LogP contribution < -0.4 is 4.90 Å². The van der Waals surface area contributed by atoms with E-state index < -0.39 is 0 Å². The van der Waals surface area contributed by atoms with Crippen molar-refractivity contribution in [3.63, 3.8) is 0 Å². The number of fused-ring (bicyclic) bond motifs is 3. The first-order valence-corrected chi connectivity index (χ1v) is 10.3. The average molecular weight is 398 g/mol. The van der Waals surface area contributed by atoms with Gasteiger partial charge in [0, 0.05) is 46.1 Å². The van der Waals surface area contributed by atoms with Gasteiger partial charge >= 0.3 is 0 Å². The first-order chi connectivity index (χ1) is 13.1. The normalized spacial score (nSPS) is 12.4. The highest BCUT2D eigenvalue weighted by Crippen LogP contribution is 2.42. The number of rotatable bonds is 4. The summed E-state index contributed by atoms with van der Waals surface area (Å²) in [5.41, 5.74) is 4.52. The van der Waals surface area contributed by atoms with Gasteiger partial charge in [0.15, 0.2) is 5.69 Å². The number of nitrogens with zero attached hydrogens (tertiary/aromatic N) is 3. The van der Waals surface area contributed by atoms with Crippen LogP contribution in [0.5, 0.6) is 0 Å². The van der Waals surface area contributed by atoms with Crippen LogP contribution in [0.25, 0.3) is 11.3 Å². The monoisotopic (exact) mass is 397 g/mol. The molecule has 0 saturated heterocycles. The number of hydrogen-bond donors (Lipinski definition) is 0. The van der Waals surface area contributed by atoms with Crippen molar-refractivity contribution >= 4 is 35.0 Å². The molecule has 0 bridgehead atoms. The molecule has 0 N–H and O–H groups in total. The summed E-state index contributed by atoms with van der Waals surface area (Å²) in [6.07, 6.45) is 0.852. The molecule has 0 unspecified atom stereocenters. The van der Waals surface area contributed by atoms with Crippen molar-refractivity contribution < 1.29 is 4.79 Å². The number of amides is 1. The van der Waals surface area contributed by atoms with Crippen molar-refractivity contribution in [2.24, 2.45) is 7.05 Å². The van der Waals surface area contributed by atoms with Gasteiger partial charge in [-0.3, -0.25) is 9.48 Å². The summed E-state index contributed by atoms with van der Waals surface area (Å²) in [5.74, 6) is 0.674. The molecule has 0 aliphatic carbocycles. The lowest BCUT2D eigenvalue weighted by molar-refractivity contribution is 0.0981. The first-order valence-electron chi connectivity index (χ1n) is 8.95. The molecular formula is C21H20ClN3OS. The molecule has 4 rings (SSSR count). The Hall–Kier alpha value is -2.24. The van der Waals surface area contributed by atoms with Gasteiger partial charge in [-0.05, 0) is 30.7 Å². The number of halogens is 1. The number of thioether (sulfide) groups is 1. The third-order valence-corrected chi connectivity index (χ3v) is 6.01. The summed E-state index contributed by atoms with van der Waals surface area (Å²) in [7, 11) is 1.91. The van der Waals surface area contributed by atoms with Gasteiger partial charge in [-0.1, -0.05) is 42.8 Å². The zero-order chi connectivity index (χ0) is 19.0. The molecule has 6 heteroatoms. The third-order valence-electron chi connectivity index (χ3n) is 4.67. The Kier molecular flexibility index (Phi) is 4.98. The van der Waals surface area contributed by atoms with Gasteiger partial charge < -0.3 is 4.90 Å². The molecule has 0 spiro atoms. The van der Waals surface area contributed by atoms with Gasteiger partial charge in [-0.25, -0.2) is 0 Å². The van der Waals surface area contributed by atoms with Gasteiger partial charge in [0.25, 0.3) is 5.91 Å². The van der Waals surface area contributed by atoms with Crippen LogP contribution in [0.4, 0.5) is 5.69 Å². The van der Waals surface area contributed by atoms with E-state index >= 15 is 0 Å². The van der Waals surface area contributed by atoms with E-state index in [1.807, 2.05) is 48.1 Å². The lowest BCUT2D eigenvalue weighted by Gasteiger charge is -2.23. The van der Waals surface area contributed by atoms with Crippen LogP contribution in [-0.4, -0.2) is 22.2 Å². The first kappa shape index (κ1) is 18.1. The minimum atomic E-state index is -0.0732. The van der Waals surface area contributed by atoms with Crippen molar-refractivity contribution in [3.05, 3.63) is 64.8 Å². The van der Waals surface area contributed by atoms with Crippen LogP contribution in [0.2, 0.25) is 5.02 Å². The topological polar surface area (TPSA) is 38.1 Å². The van der Waals surface area contributed by atoms with Crippen LogP contribution in [0, 0.1) is 0 Å². The number of anilines is 1. The maximum atomic E-state index is 13.4. The SMILES string of the molecule is CCCN(C(=O)c1nn(C)c2c1CSc1ccccc1-2)c1cccc(Cl)c1. The zero-order valence-corrected chi connectivity index (χ0v) is 16.8. The van der Waals surface area contributed by atoms with Crippen molar-refractivity contribution in [2.75, 3.05) is 11.4 Å². The molecular weight excluding hydrogens is 378 g/mol. The van der Waals surface area contributed by atoms with E-state index in [2.05, 4.69) is 24.2 Å². The zero-order valence-electron chi connectivity index (χ0n) is 15.3. The molecule has 0 fully saturated rings. The Morgan fingerprint density at radius 1 is 1.26 bits per heavy atom.